The van der Waals surface area contributed by atoms with Crippen LogP contribution >= 0.6 is 11.6 Å². The van der Waals surface area contributed by atoms with Crippen LogP contribution in [0.5, 0.6) is 0 Å². The van der Waals surface area contributed by atoms with E-state index in [0.29, 0.717) is 28.5 Å². The van der Waals surface area contributed by atoms with Gasteiger partial charge < -0.3 is 9.67 Å². The summed E-state index contributed by atoms with van der Waals surface area (Å²) in [6, 6.07) is 10.1. The fourth-order valence-electron chi connectivity index (χ4n) is 2.25. The van der Waals surface area contributed by atoms with E-state index in [9.17, 15) is 9.59 Å². The normalized spacial score (nSPS) is 10.6. The van der Waals surface area contributed by atoms with Gasteiger partial charge in [0.1, 0.15) is 0 Å². The molecule has 0 amide bonds. The number of halogens is 1. The van der Waals surface area contributed by atoms with Crippen LogP contribution in [0.25, 0.3) is 0 Å². The summed E-state index contributed by atoms with van der Waals surface area (Å²) < 4.78 is 1.78. The van der Waals surface area contributed by atoms with E-state index >= 15 is 0 Å². The third-order valence-electron chi connectivity index (χ3n) is 3.19. The topological polar surface area (TPSA) is 59.3 Å². The van der Waals surface area contributed by atoms with Crippen molar-refractivity contribution in [3.8, 4) is 0 Å². The fraction of sp³-hybridized carbons (Fsp3) is 0.250. The number of rotatable bonds is 6. The maximum atomic E-state index is 12.5. The molecule has 1 heterocycles. The zero-order valence-corrected chi connectivity index (χ0v) is 12.4. The van der Waals surface area contributed by atoms with Gasteiger partial charge in [0.05, 0.1) is 12.1 Å². The highest BCUT2D eigenvalue weighted by Gasteiger charge is 2.17. The molecule has 1 N–H and O–H groups in total. The number of nitrogens with zero attached hydrogens (tertiary/aromatic N) is 1. The predicted octanol–water partition coefficient (Wildman–Crippen LogP) is 3.41. The maximum Gasteiger partial charge on any atom is 0.309 e. The van der Waals surface area contributed by atoms with E-state index in [1.165, 1.54) is 0 Å². The number of hydrogen-bond donors (Lipinski definition) is 1. The molecule has 0 aliphatic rings. The van der Waals surface area contributed by atoms with Gasteiger partial charge in [-0.15, -0.1) is 0 Å². The number of carboxylic acid groups (broad SMARTS) is 1. The monoisotopic (exact) mass is 305 g/mol. The fourth-order valence-corrected chi connectivity index (χ4v) is 2.38. The van der Waals surface area contributed by atoms with Crippen LogP contribution in [0.4, 0.5) is 0 Å². The van der Waals surface area contributed by atoms with Gasteiger partial charge in [0.15, 0.2) is 0 Å². The largest absolute Gasteiger partial charge is 0.481 e. The van der Waals surface area contributed by atoms with Crippen LogP contribution < -0.4 is 0 Å². The van der Waals surface area contributed by atoms with Crippen LogP contribution in [0, 0.1) is 0 Å². The molecule has 110 valence electrons. The zero-order valence-electron chi connectivity index (χ0n) is 11.7. The predicted molar refractivity (Wildman–Crippen MR) is 80.9 cm³/mol. The van der Waals surface area contributed by atoms with Crippen LogP contribution in [-0.4, -0.2) is 21.4 Å². The number of aromatic nitrogens is 1. The summed E-state index contributed by atoms with van der Waals surface area (Å²) in [6.45, 7) is 2.60. The van der Waals surface area contributed by atoms with Gasteiger partial charge in [0.25, 0.3) is 0 Å². The highest BCUT2D eigenvalue weighted by Crippen LogP contribution is 2.17. The number of carboxylic acids is 1. The van der Waals surface area contributed by atoms with E-state index < -0.39 is 5.97 Å². The maximum absolute atomic E-state index is 12.5. The molecular formula is C16H16ClNO3. The summed E-state index contributed by atoms with van der Waals surface area (Å²) in [5.74, 6) is -1.03. The van der Waals surface area contributed by atoms with Crippen molar-refractivity contribution in [3.05, 3.63) is 58.4 Å². The Hall–Kier alpha value is -2.07. The molecule has 0 aliphatic heterocycles. The summed E-state index contributed by atoms with van der Waals surface area (Å²) >= 11 is 5.82. The molecule has 0 unspecified atom stereocenters. The van der Waals surface area contributed by atoms with Crippen molar-refractivity contribution < 1.29 is 14.7 Å². The van der Waals surface area contributed by atoms with Gasteiger partial charge in [0.2, 0.25) is 5.78 Å². The Morgan fingerprint density at radius 1 is 1.14 bits per heavy atom. The van der Waals surface area contributed by atoms with Gasteiger partial charge in [0, 0.05) is 22.8 Å². The van der Waals surface area contributed by atoms with E-state index in [-0.39, 0.29) is 12.2 Å². The molecular weight excluding hydrogens is 290 g/mol. The van der Waals surface area contributed by atoms with Gasteiger partial charge in [-0.05, 0) is 42.8 Å². The van der Waals surface area contributed by atoms with Crippen molar-refractivity contribution in [2.45, 2.75) is 26.3 Å². The molecule has 2 rings (SSSR count). The smallest absolute Gasteiger partial charge is 0.309 e. The molecule has 0 radical (unpaired) electrons. The lowest BCUT2D eigenvalue weighted by molar-refractivity contribution is -0.136. The number of hydrogen-bond acceptors (Lipinski definition) is 2. The van der Waals surface area contributed by atoms with Gasteiger partial charge in [-0.2, -0.15) is 0 Å². The minimum Gasteiger partial charge on any atom is -0.481 e. The van der Waals surface area contributed by atoms with Gasteiger partial charge in [-0.25, -0.2) is 0 Å². The first kappa shape index (κ1) is 15.3. The van der Waals surface area contributed by atoms with Crippen molar-refractivity contribution in [3.63, 3.8) is 0 Å². The van der Waals surface area contributed by atoms with E-state index in [0.717, 1.165) is 6.42 Å². The van der Waals surface area contributed by atoms with Gasteiger partial charge in [-0.3, -0.25) is 9.59 Å². The van der Waals surface area contributed by atoms with Crippen molar-refractivity contribution in [2.75, 3.05) is 0 Å². The lowest BCUT2D eigenvalue weighted by Crippen LogP contribution is -2.14. The number of carbonyl (C=O) groups excluding carboxylic acids is 1. The molecule has 4 nitrogen and oxygen atoms in total. The zero-order chi connectivity index (χ0) is 15.4. The molecule has 2 aromatic rings. The lowest BCUT2D eigenvalue weighted by atomic mass is 10.1. The standard InChI is InChI=1S/C16H16ClNO3/c1-2-9-18-13(10-15(19)20)7-8-14(18)16(21)11-3-5-12(17)6-4-11/h3-8H,2,9-10H2,1H3,(H,19,20). The van der Waals surface area contributed by atoms with Crippen molar-refractivity contribution >= 4 is 23.4 Å². The van der Waals surface area contributed by atoms with E-state index in [2.05, 4.69) is 0 Å². The summed E-state index contributed by atoms with van der Waals surface area (Å²) in [5.41, 5.74) is 1.69. The van der Waals surface area contributed by atoms with Gasteiger partial charge >= 0.3 is 5.97 Å². The van der Waals surface area contributed by atoms with E-state index in [1.807, 2.05) is 6.92 Å². The van der Waals surface area contributed by atoms with Crippen LogP contribution in [0.1, 0.15) is 35.1 Å². The molecule has 0 aliphatic carbocycles. The third kappa shape index (κ3) is 3.52. The summed E-state index contributed by atoms with van der Waals surface area (Å²) in [7, 11) is 0. The molecule has 1 aromatic carbocycles. The molecule has 1 aromatic heterocycles. The second kappa shape index (κ2) is 6.59. The Labute approximate surface area is 128 Å². The Balaban J connectivity index is 2.38. The highest BCUT2D eigenvalue weighted by atomic mass is 35.5. The number of aliphatic carboxylic acids is 1. The lowest BCUT2D eigenvalue weighted by Gasteiger charge is -2.11. The number of carbonyl (C=O) groups is 2. The molecule has 0 bridgehead atoms. The van der Waals surface area contributed by atoms with E-state index in [1.54, 1.807) is 41.0 Å². The van der Waals surface area contributed by atoms with Crippen molar-refractivity contribution in [1.82, 2.24) is 4.57 Å². The molecule has 5 heteroatoms. The molecule has 0 saturated heterocycles. The summed E-state index contributed by atoms with van der Waals surface area (Å²) in [5, 5.41) is 9.51. The number of ketones is 1. The summed E-state index contributed by atoms with van der Waals surface area (Å²) in [4.78, 5) is 23.4. The number of benzene rings is 1. The first-order valence-electron chi connectivity index (χ1n) is 6.73. The Morgan fingerprint density at radius 2 is 1.81 bits per heavy atom. The Kier molecular flexibility index (Phi) is 4.81. The van der Waals surface area contributed by atoms with E-state index in [4.69, 9.17) is 16.7 Å². The van der Waals surface area contributed by atoms with Crippen LogP contribution in [0.2, 0.25) is 5.02 Å². The second-order valence-electron chi connectivity index (χ2n) is 4.77. The first-order valence-corrected chi connectivity index (χ1v) is 7.11. The minimum absolute atomic E-state index is 0.0894. The molecule has 0 spiro atoms. The second-order valence-corrected chi connectivity index (χ2v) is 5.20. The molecule has 0 atom stereocenters. The Bertz CT molecular complexity index is 659. The molecule has 21 heavy (non-hydrogen) atoms. The first-order chi connectivity index (χ1) is 10.0. The van der Waals surface area contributed by atoms with Crippen molar-refractivity contribution in [1.29, 1.82) is 0 Å². The molecule has 0 saturated carbocycles. The van der Waals surface area contributed by atoms with Crippen LogP contribution in [0.15, 0.2) is 36.4 Å². The Morgan fingerprint density at radius 3 is 2.38 bits per heavy atom. The van der Waals surface area contributed by atoms with Crippen LogP contribution in [-0.2, 0) is 17.8 Å². The quantitative estimate of drug-likeness (QED) is 0.832. The highest BCUT2D eigenvalue weighted by molar-refractivity contribution is 6.30. The average Bonchev–Trinajstić information content (AvgIpc) is 2.82. The van der Waals surface area contributed by atoms with Crippen LogP contribution in [0.3, 0.4) is 0 Å². The summed E-state index contributed by atoms with van der Waals surface area (Å²) in [6.07, 6.45) is 0.732. The van der Waals surface area contributed by atoms with Crippen molar-refractivity contribution in [2.24, 2.45) is 0 Å². The minimum atomic E-state index is -0.907. The SMILES string of the molecule is CCCn1c(CC(=O)O)ccc1C(=O)c1ccc(Cl)cc1. The average molecular weight is 306 g/mol. The molecule has 0 fully saturated rings. The third-order valence-corrected chi connectivity index (χ3v) is 3.44. The van der Waals surface area contributed by atoms with Gasteiger partial charge in [-0.1, -0.05) is 18.5 Å².